The summed E-state index contributed by atoms with van der Waals surface area (Å²) in [5.41, 5.74) is 0.410. The lowest BCUT2D eigenvalue weighted by molar-refractivity contribution is 0.0600. The van der Waals surface area contributed by atoms with Crippen LogP contribution in [0.4, 0.5) is 0 Å². The van der Waals surface area contributed by atoms with E-state index < -0.39 is 5.97 Å². The largest absolute Gasteiger partial charge is 0.465 e. The van der Waals surface area contributed by atoms with Gasteiger partial charge in [0, 0.05) is 6.20 Å². The highest BCUT2D eigenvalue weighted by molar-refractivity contribution is 5.88. The third kappa shape index (κ3) is 1.64. The Labute approximate surface area is 70.1 Å². The molecule has 62 valence electrons. The fraction of sp³-hybridized carbons (Fsp3) is 0.250. The molecule has 0 saturated carbocycles. The molecule has 4 nitrogen and oxygen atoms in total. The van der Waals surface area contributed by atoms with E-state index in [4.69, 9.17) is 6.42 Å². The van der Waals surface area contributed by atoms with Crippen molar-refractivity contribution < 1.29 is 9.53 Å². The first-order valence-electron chi connectivity index (χ1n) is 3.32. The fourth-order valence-corrected chi connectivity index (χ4v) is 0.767. The molecule has 0 aromatic carbocycles. The van der Waals surface area contributed by atoms with Crippen molar-refractivity contribution in [2.24, 2.45) is 0 Å². The third-order valence-corrected chi connectivity index (χ3v) is 1.31. The maximum Gasteiger partial charge on any atom is 0.341 e. The van der Waals surface area contributed by atoms with E-state index in [0.717, 1.165) is 0 Å². The molecule has 0 aliphatic carbocycles. The number of carbonyl (C=O) groups excluding carboxylic acids is 1. The Kier molecular flexibility index (Phi) is 2.49. The van der Waals surface area contributed by atoms with Crippen molar-refractivity contribution in [3.8, 4) is 12.3 Å². The number of hydrogen-bond acceptors (Lipinski definition) is 3. The summed E-state index contributed by atoms with van der Waals surface area (Å²) in [5.74, 6) is 2.00. The molecule has 1 aromatic heterocycles. The van der Waals surface area contributed by atoms with Crippen molar-refractivity contribution in [2.45, 2.75) is 6.54 Å². The van der Waals surface area contributed by atoms with Crippen LogP contribution in [0.25, 0.3) is 0 Å². The van der Waals surface area contributed by atoms with Crippen molar-refractivity contribution in [1.29, 1.82) is 0 Å². The first kappa shape index (κ1) is 8.34. The van der Waals surface area contributed by atoms with Crippen LogP contribution >= 0.6 is 0 Å². The summed E-state index contributed by atoms with van der Waals surface area (Å²) in [4.78, 5) is 10.9. The SMILES string of the molecule is C#CCn1cc(C(=O)OC)cn1. The van der Waals surface area contributed by atoms with Crippen LogP contribution in [-0.2, 0) is 11.3 Å². The average Bonchev–Trinajstić information content (AvgIpc) is 2.52. The molecule has 0 saturated heterocycles. The van der Waals surface area contributed by atoms with E-state index in [0.29, 0.717) is 12.1 Å². The molecule has 0 fully saturated rings. The summed E-state index contributed by atoms with van der Waals surface area (Å²) in [6.07, 6.45) is 8.02. The minimum atomic E-state index is -0.404. The smallest absolute Gasteiger partial charge is 0.341 e. The number of esters is 1. The van der Waals surface area contributed by atoms with E-state index >= 15 is 0 Å². The van der Waals surface area contributed by atoms with Gasteiger partial charge in [-0.25, -0.2) is 4.79 Å². The Morgan fingerprint density at radius 3 is 3.25 bits per heavy atom. The third-order valence-electron chi connectivity index (χ3n) is 1.31. The molecule has 0 bridgehead atoms. The monoisotopic (exact) mass is 164 g/mol. The van der Waals surface area contributed by atoms with Gasteiger partial charge in [0.25, 0.3) is 0 Å². The van der Waals surface area contributed by atoms with Crippen molar-refractivity contribution in [3.63, 3.8) is 0 Å². The van der Waals surface area contributed by atoms with Gasteiger partial charge in [0.05, 0.1) is 18.9 Å². The number of hydrogen-bond donors (Lipinski definition) is 0. The second kappa shape index (κ2) is 3.58. The Hall–Kier alpha value is -1.76. The highest BCUT2D eigenvalue weighted by Gasteiger charge is 2.06. The lowest BCUT2D eigenvalue weighted by Gasteiger charge is -1.92. The quantitative estimate of drug-likeness (QED) is 0.466. The summed E-state index contributed by atoms with van der Waals surface area (Å²) in [5, 5.41) is 3.85. The van der Waals surface area contributed by atoms with Crippen LogP contribution in [0.5, 0.6) is 0 Å². The van der Waals surface area contributed by atoms with E-state index in [1.54, 1.807) is 6.20 Å². The molecule has 1 heterocycles. The minimum absolute atomic E-state index is 0.358. The average molecular weight is 164 g/mol. The van der Waals surface area contributed by atoms with Crippen molar-refractivity contribution >= 4 is 5.97 Å². The van der Waals surface area contributed by atoms with E-state index in [2.05, 4.69) is 15.8 Å². The van der Waals surface area contributed by atoms with Crippen LogP contribution in [-0.4, -0.2) is 22.9 Å². The van der Waals surface area contributed by atoms with Gasteiger partial charge in [-0.2, -0.15) is 5.10 Å². The molecule has 1 aromatic rings. The predicted octanol–water partition coefficient (Wildman–Crippen LogP) is 0.303. The summed E-state index contributed by atoms with van der Waals surface area (Å²) in [6, 6.07) is 0. The highest BCUT2D eigenvalue weighted by atomic mass is 16.5. The van der Waals surface area contributed by atoms with Gasteiger partial charge in [-0.1, -0.05) is 5.92 Å². The fourth-order valence-electron chi connectivity index (χ4n) is 0.767. The minimum Gasteiger partial charge on any atom is -0.465 e. The Morgan fingerprint density at radius 1 is 1.92 bits per heavy atom. The molecule has 0 aliphatic rings. The molecule has 0 unspecified atom stereocenters. The van der Waals surface area contributed by atoms with Gasteiger partial charge in [-0.15, -0.1) is 6.42 Å². The van der Waals surface area contributed by atoms with E-state index in [1.807, 2.05) is 0 Å². The number of nitrogens with zero attached hydrogens (tertiary/aromatic N) is 2. The summed E-state index contributed by atoms with van der Waals surface area (Å²) < 4.78 is 5.98. The number of rotatable bonds is 2. The van der Waals surface area contributed by atoms with Crippen LogP contribution in [0.1, 0.15) is 10.4 Å². The van der Waals surface area contributed by atoms with Crippen LogP contribution in [0.3, 0.4) is 0 Å². The molecule has 4 heteroatoms. The summed E-state index contributed by atoms with van der Waals surface area (Å²) >= 11 is 0. The second-order valence-electron chi connectivity index (χ2n) is 2.12. The van der Waals surface area contributed by atoms with Gasteiger partial charge < -0.3 is 4.74 Å². The summed E-state index contributed by atoms with van der Waals surface area (Å²) in [6.45, 7) is 0.358. The van der Waals surface area contributed by atoms with Crippen LogP contribution in [0.2, 0.25) is 0 Å². The molecule has 0 aliphatic heterocycles. The standard InChI is InChI=1S/C8H8N2O2/c1-3-4-10-6-7(5-9-10)8(11)12-2/h1,5-6H,4H2,2H3. The van der Waals surface area contributed by atoms with Gasteiger partial charge in [-0.05, 0) is 0 Å². The zero-order valence-corrected chi connectivity index (χ0v) is 6.65. The van der Waals surface area contributed by atoms with Gasteiger partial charge in [0.2, 0.25) is 0 Å². The number of ether oxygens (including phenoxy) is 1. The Morgan fingerprint density at radius 2 is 2.67 bits per heavy atom. The second-order valence-corrected chi connectivity index (χ2v) is 2.12. The van der Waals surface area contributed by atoms with Crippen molar-refractivity contribution in [3.05, 3.63) is 18.0 Å². The van der Waals surface area contributed by atoms with Crippen molar-refractivity contribution in [2.75, 3.05) is 7.11 Å². The predicted molar refractivity (Wildman–Crippen MR) is 42.4 cm³/mol. The zero-order chi connectivity index (χ0) is 8.97. The highest BCUT2D eigenvalue weighted by Crippen LogP contribution is 1.98. The van der Waals surface area contributed by atoms with Crippen LogP contribution in [0, 0.1) is 12.3 Å². The molecule has 0 amide bonds. The molecule has 0 atom stereocenters. The van der Waals surface area contributed by atoms with Gasteiger partial charge in [0.15, 0.2) is 0 Å². The maximum atomic E-state index is 10.9. The first-order valence-corrected chi connectivity index (χ1v) is 3.32. The molecule has 0 radical (unpaired) electrons. The lowest BCUT2D eigenvalue weighted by Crippen LogP contribution is -1.99. The van der Waals surface area contributed by atoms with E-state index in [1.165, 1.54) is 18.0 Å². The number of methoxy groups -OCH3 is 1. The van der Waals surface area contributed by atoms with Gasteiger partial charge in [0.1, 0.15) is 6.54 Å². The van der Waals surface area contributed by atoms with Crippen LogP contribution in [0.15, 0.2) is 12.4 Å². The van der Waals surface area contributed by atoms with Crippen LogP contribution < -0.4 is 0 Å². The maximum absolute atomic E-state index is 10.9. The molecule has 0 spiro atoms. The molecule has 12 heavy (non-hydrogen) atoms. The molecule has 0 N–H and O–H groups in total. The van der Waals surface area contributed by atoms with Gasteiger partial charge in [-0.3, -0.25) is 4.68 Å². The van der Waals surface area contributed by atoms with Gasteiger partial charge >= 0.3 is 5.97 Å². The Balaban J connectivity index is 2.78. The molecular formula is C8H8N2O2. The number of aromatic nitrogens is 2. The number of carbonyl (C=O) groups is 1. The number of terminal acetylenes is 1. The van der Waals surface area contributed by atoms with E-state index in [-0.39, 0.29) is 0 Å². The topological polar surface area (TPSA) is 44.1 Å². The molecular weight excluding hydrogens is 156 g/mol. The zero-order valence-electron chi connectivity index (χ0n) is 6.65. The van der Waals surface area contributed by atoms with E-state index in [9.17, 15) is 4.79 Å². The lowest BCUT2D eigenvalue weighted by atomic mass is 10.4. The Bertz CT molecular complexity index is 322. The molecule has 1 rings (SSSR count). The normalized spacial score (nSPS) is 9.00. The first-order chi connectivity index (χ1) is 5.77. The summed E-state index contributed by atoms with van der Waals surface area (Å²) in [7, 11) is 1.32. The van der Waals surface area contributed by atoms with Crippen molar-refractivity contribution in [1.82, 2.24) is 9.78 Å².